The van der Waals surface area contributed by atoms with E-state index in [2.05, 4.69) is 35.6 Å². The highest BCUT2D eigenvalue weighted by molar-refractivity contribution is 5.83. The van der Waals surface area contributed by atoms with Gasteiger partial charge in [-0.25, -0.2) is 0 Å². The summed E-state index contributed by atoms with van der Waals surface area (Å²) in [7, 11) is 0. The minimum Gasteiger partial charge on any atom is -0.481 e. The number of nitrogens with one attached hydrogen (secondary N) is 1. The van der Waals surface area contributed by atoms with Crippen molar-refractivity contribution in [1.29, 1.82) is 0 Å². The van der Waals surface area contributed by atoms with Gasteiger partial charge >= 0.3 is 5.97 Å². The number of amides is 1. The summed E-state index contributed by atoms with van der Waals surface area (Å²) in [5, 5.41) is 14.5. The van der Waals surface area contributed by atoms with Crippen LogP contribution < -0.4 is 5.32 Å². The molecular weight excluding hydrogens is 302 g/mol. The molecule has 2 N–H and O–H groups in total. The van der Waals surface area contributed by atoms with Crippen molar-refractivity contribution in [3.63, 3.8) is 0 Å². The molecule has 24 heavy (non-hydrogen) atoms. The second kappa shape index (κ2) is 7.47. The highest BCUT2D eigenvalue weighted by Crippen LogP contribution is 2.26. The predicted molar refractivity (Wildman–Crippen MR) is 93.8 cm³/mol. The van der Waals surface area contributed by atoms with E-state index in [1.165, 1.54) is 16.3 Å². The first kappa shape index (κ1) is 16.5. The Labute approximate surface area is 141 Å². The number of carbonyl (C=O) groups is 2. The zero-order valence-electron chi connectivity index (χ0n) is 13.7. The highest BCUT2D eigenvalue weighted by atomic mass is 16.4. The fraction of sp³-hybridized carbons (Fsp3) is 0.400. The summed E-state index contributed by atoms with van der Waals surface area (Å²) in [6.07, 6.45) is 4.37. The van der Waals surface area contributed by atoms with Crippen LogP contribution in [0.15, 0.2) is 42.5 Å². The Morgan fingerprint density at radius 3 is 2.67 bits per heavy atom. The molecule has 0 unspecified atom stereocenters. The van der Waals surface area contributed by atoms with Gasteiger partial charge in [0.1, 0.15) is 0 Å². The maximum absolute atomic E-state index is 12.1. The van der Waals surface area contributed by atoms with Gasteiger partial charge in [-0.2, -0.15) is 0 Å². The molecule has 0 heterocycles. The number of carboxylic acid groups (broad SMARTS) is 1. The number of hydrogen-bond acceptors (Lipinski definition) is 2. The van der Waals surface area contributed by atoms with Crippen LogP contribution in [0.1, 0.15) is 37.7 Å². The largest absolute Gasteiger partial charge is 0.481 e. The number of rotatable bonds is 6. The molecule has 3 rings (SSSR count). The molecule has 1 aliphatic rings. The second-order valence-electron chi connectivity index (χ2n) is 6.58. The fourth-order valence-corrected chi connectivity index (χ4v) is 3.55. The molecule has 126 valence electrons. The Balaban J connectivity index is 1.48. The van der Waals surface area contributed by atoms with E-state index in [0.29, 0.717) is 12.8 Å². The summed E-state index contributed by atoms with van der Waals surface area (Å²) < 4.78 is 0. The fourth-order valence-electron chi connectivity index (χ4n) is 3.55. The maximum atomic E-state index is 12.1. The number of benzene rings is 2. The van der Waals surface area contributed by atoms with Crippen LogP contribution in [0.4, 0.5) is 0 Å². The van der Waals surface area contributed by atoms with Crippen LogP contribution in [-0.4, -0.2) is 23.0 Å². The monoisotopic (exact) mass is 325 g/mol. The number of carboxylic acids is 1. The summed E-state index contributed by atoms with van der Waals surface area (Å²) in [5.74, 6) is -1.25. The van der Waals surface area contributed by atoms with Crippen molar-refractivity contribution in [2.45, 2.75) is 44.6 Å². The van der Waals surface area contributed by atoms with Crippen molar-refractivity contribution >= 4 is 22.6 Å². The Morgan fingerprint density at radius 2 is 1.88 bits per heavy atom. The molecule has 0 spiro atoms. The van der Waals surface area contributed by atoms with Gasteiger partial charge in [-0.15, -0.1) is 0 Å². The van der Waals surface area contributed by atoms with Crippen LogP contribution >= 0.6 is 0 Å². The summed E-state index contributed by atoms with van der Waals surface area (Å²) >= 11 is 0. The molecule has 1 aliphatic carbocycles. The molecule has 0 saturated heterocycles. The van der Waals surface area contributed by atoms with Crippen LogP contribution in [0.3, 0.4) is 0 Å². The minimum atomic E-state index is -0.797. The van der Waals surface area contributed by atoms with Crippen LogP contribution in [0.25, 0.3) is 10.8 Å². The van der Waals surface area contributed by atoms with E-state index >= 15 is 0 Å². The van der Waals surface area contributed by atoms with Gasteiger partial charge in [-0.05, 0) is 42.0 Å². The Kier molecular flexibility index (Phi) is 5.14. The molecule has 0 aliphatic heterocycles. The third-order valence-electron chi connectivity index (χ3n) is 4.86. The normalized spacial score (nSPS) is 20.2. The van der Waals surface area contributed by atoms with E-state index in [4.69, 9.17) is 5.11 Å². The van der Waals surface area contributed by atoms with Gasteiger partial charge in [0.25, 0.3) is 0 Å². The van der Waals surface area contributed by atoms with Crippen LogP contribution in [0.5, 0.6) is 0 Å². The van der Waals surface area contributed by atoms with Gasteiger partial charge in [0.2, 0.25) is 5.91 Å². The molecule has 0 bridgehead atoms. The first-order valence-corrected chi connectivity index (χ1v) is 8.63. The summed E-state index contributed by atoms with van der Waals surface area (Å²) in [6.45, 7) is 0. The van der Waals surface area contributed by atoms with E-state index in [-0.39, 0.29) is 11.9 Å². The lowest BCUT2D eigenvalue weighted by molar-refractivity contribution is -0.142. The van der Waals surface area contributed by atoms with Crippen LogP contribution in [0, 0.1) is 5.92 Å². The first-order chi connectivity index (χ1) is 11.6. The molecule has 0 aromatic heterocycles. The van der Waals surface area contributed by atoms with Gasteiger partial charge in [0.05, 0.1) is 5.92 Å². The van der Waals surface area contributed by atoms with Crippen molar-refractivity contribution in [2.24, 2.45) is 5.92 Å². The Hall–Kier alpha value is -2.36. The van der Waals surface area contributed by atoms with Crippen molar-refractivity contribution < 1.29 is 14.7 Å². The van der Waals surface area contributed by atoms with Gasteiger partial charge in [-0.3, -0.25) is 9.59 Å². The van der Waals surface area contributed by atoms with E-state index in [1.807, 2.05) is 12.1 Å². The summed E-state index contributed by atoms with van der Waals surface area (Å²) in [4.78, 5) is 23.2. The van der Waals surface area contributed by atoms with Crippen molar-refractivity contribution in [3.8, 4) is 0 Å². The van der Waals surface area contributed by atoms with Crippen molar-refractivity contribution in [3.05, 3.63) is 48.0 Å². The average Bonchev–Trinajstić information content (AvgIpc) is 3.03. The molecule has 4 nitrogen and oxygen atoms in total. The lowest BCUT2D eigenvalue weighted by atomic mass is 10.0. The molecule has 1 amide bonds. The van der Waals surface area contributed by atoms with Gasteiger partial charge in [0, 0.05) is 12.5 Å². The maximum Gasteiger partial charge on any atom is 0.308 e. The van der Waals surface area contributed by atoms with E-state index in [9.17, 15) is 9.59 Å². The SMILES string of the molecule is O=C(CCCc1ccc2ccccc2c1)N[C@H]1CCC[C@H]1C(=O)O. The van der Waals surface area contributed by atoms with Gasteiger partial charge in [0.15, 0.2) is 0 Å². The molecule has 2 atom stereocenters. The Morgan fingerprint density at radius 1 is 1.08 bits per heavy atom. The molecule has 1 fully saturated rings. The van der Waals surface area contributed by atoms with Crippen molar-refractivity contribution in [2.75, 3.05) is 0 Å². The lowest BCUT2D eigenvalue weighted by Gasteiger charge is -2.17. The predicted octanol–water partition coefficient (Wildman–Crippen LogP) is 3.53. The second-order valence-corrected chi connectivity index (χ2v) is 6.58. The quantitative estimate of drug-likeness (QED) is 0.854. The van der Waals surface area contributed by atoms with Crippen LogP contribution in [-0.2, 0) is 16.0 Å². The molecule has 0 radical (unpaired) electrons. The number of fused-ring (bicyclic) bond motifs is 1. The average molecular weight is 325 g/mol. The standard InChI is InChI=1S/C20H23NO3/c22-19(21-18-9-4-8-17(18)20(23)24)10-3-5-14-11-12-15-6-1-2-7-16(15)13-14/h1-2,6-7,11-13,17-18H,3-5,8-10H2,(H,21,22)(H,23,24)/t17-,18+/m1/s1. The van der Waals surface area contributed by atoms with Gasteiger partial charge in [-0.1, -0.05) is 48.9 Å². The molecule has 4 heteroatoms. The smallest absolute Gasteiger partial charge is 0.308 e. The first-order valence-electron chi connectivity index (χ1n) is 8.63. The third kappa shape index (κ3) is 3.94. The lowest BCUT2D eigenvalue weighted by Crippen LogP contribution is -2.40. The van der Waals surface area contributed by atoms with Crippen LogP contribution in [0.2, 0.25) is 0 Å². The number of hydrogen-bond donors (Lipinski definition) is 2. The van der Waals surface area contributed by atoms with E-state index < -0.39 is 11.9 Å². The highest BCUT2D eigenvalue weighted by Gasteiger charge is 2.33. The zero-order chi connectivity index (χ0) is 16.9. The Bertz CT molecular complexity index is 740. The molecule has 2 aromatic carbocycles. The number of carbonyl (C=O) groups excluding carboxylic acids is 1. The molecule has 1 saturated carbocycles. The third-order valence-corrected chi connectivity index (χ3v) is 4.86. The molecular formula is C20H23NO3. The summed E-state index contributed by atoms with van der Waals surface area (Å²) in [6, 6.07) is 14.4. The van der Waals surface area contributed by atoms with E-state index in [0.717, 1.165) is 25.7 Å². The summed E-state index contributed by atoms with van der Waals surface area (Å²) in [5.41, 5.74) is 1.23. The topological polar surface area (TPSA) is 66.4 Å². The number of aryl methyl sites for hydroxylation is 1. The van der Waals surface area contributed by atoms with E-state index in [1.54, 1.807) is 0 Å². The number of aliphatic carboxylic acids is 1. The minimum absolute atomic E-state index is 0.0334. The zero-order valence-corrected chi connectivity index (χ0v) is 13.7. The van der Waals surface area contributed by atoms with Gasteiger partial charge < -0.3 is 10.4 Å². The van der Waals surface area contributed by atoms with Crippen molar-refractivity contribution in [1.82, 2.24) is 5.32 Å². The molecule has 2 aromatic rings.